The quantitative estimate of drug-likeness (QED) is 0.816. The van der Waals surface area contributed by atoms with E-state index in [1.807, 2.05) is 25.1 Å². The largest absolute Gasteiger partial charge is 0.504 e. The summed E-state index contributed by atoms with van der Waals surface area (Å²) in [5, 5.41) is 13.4. The number of ether oxygens (including phenoxy) is 1. The predicted molar refractivity (Wildman–Crippen MR) is 64.0 cm³/mol. The molecule has 1 aromatic rings. The van der Waals surface area contributed by atoms with Gasteiger partial charge in [0.15, 0.2) is 11.5 Å². The van der Waals surface area contributed by atoms with Gasteiger partial charge in [-0.15, -0.1) is 0 Å². The summed E-state index contributed by atoms with van der Waals surface area (Å²) in [5.74, 6) is 1.56. The van der Waals surface area contributed by atoms with Crippen LogP contribution in [0.25, 0.3) is 0 Å². The third kappa shape index (κ3) is 2.47. The molecule has 3 heteroatoms. The van der Waals surface area contributed by atoms with Gasteiger partial charge in [-0.25, -0.2) is 0 Å². The zero-order valence-electron chi connectivity index (χ0n) is 9.70. The lowest BCUT2D eigenvalue weighted by atomic mass is 9.98. The monoisotopic (exact) mass is 221 g/mol. The van der Waals surface area contributed by atoms with Gasteiger partial charge in [0, 0.05) is 0 Å². The molecule has 16 heavy (non-hydrogen) atoms. The first-order valence-corrected chi connectivity index (χ1v) is 5.95. The van der Waals surface area contributed by atoms with Crippen LogP contribution in [0.5, 0.6) is 11.5 Å². The lowest BCUT2D eigenvalue weighted by molar-refractivity contribution is 0.316. The topological polar surface area (TPSA) is 41.5 Å². The van der Waals surface area contributed by atoms with Crippen molar-refractivity contribution in [2.24, 2.45) is 5.92 Å². The van der Waals surface area contributed by atoms with Crippen molar-refractivity contribution in [2.45, 2.75) is 19.8 Å². The molecule has 0 bridgehead atoms. The average molecular weight is 221 g/mol. The van der Waals surface area contributed by atoms with Gasteiger partial charge in [0.05, 0.1) is 6.61 Å². The van der Waals surface area contributed by atoms with Crippen LogP contribution >= 0.6 is 0 Å². The minimum Gasteiger partial charge on any atom is -0.504 e. The van der Waals surface area contributed by atoms with Crippen LogP contribution in [-0.4, -0.2) is 24.8 Å². The normalized spacial score (nSPS) is 19.9. The van der Waals surface area contributed by atoms with Crippen LogP contribution in [-0.2, 0) is 6.42 Å². The van der Waals surface area contributed by atoms with E-state index in [2.05, 4.69) is 5.32 Å². The fourth-order valence-corrected chi connectivity index (χ4v) is 2.20. The van der Waals surface area contributed by atoms with Crippen LogP contribution in [0.2, 0.25) is 0 Å². The molecule has 0 spiro atoms. The number of phenolic OH excluding ortho intramolecular Hbond substituents is 1. The highest BCUT2D eigenvalue weighted by atomic mass is 16.5. The summed E-state index contributed by atoms with van der Waals surface area (Å²) in [6.45, 7) is 4.66. The molecule has 3 nitrogen and oxygen atoms in total. The van der Waals surface area contributed by atoms with E-state index in [-0.39, 0.29) is 0 Å². The molecule has 1 heterocycles. The predicted octanol–water partition coefficient (Wildman–Crippen LogP) is 1.94. The van der Waals surface area contributed by atoms with Crippen LogP contribution in [0, 0.1) is 5.92 Å². The zero-order chi connectivity index (χ0) is 11.4. The summed E-state index contributed by atoms with van der Waals surface area (Å²) in [5.41, 5.74) is 1.000. The van der Waals surface area contributed by atoms with Crippen LogP contribution in [0.3, 0.4) is 0 Å². The molecule has 0 saturated carbocycles. The van der Waals surface area contributed by atoms with Crippen molar-refractivity contribution in [1.82, 2.24) is 5.32 Å². The minimum absolute atomic E-state index is 0.316. The lowest BCUT2D eigenvalue weighted by Gasteiger charge is -2.12. The van der Waals surface area contributed by atoms with E-state index >= 15 is 0 Å². The molecular formula is C13H19NO2. The van der Waals surface area contributed by atoms with Crippen molar-refractivity contribution in [3.05, 3.63) is 23.8 Å². The maximum Gasteiger partial charge on any atom is 0.161 e. The Morgan fingerprint density at radius 3 is 3.06 bits per heavy atom. The second kappa shape index (κ2) is 5.21. The van der Waals surface area contributed by atoms with Gasteiger partial charge >= 0.3 is 0 Å². The van der Waals surface area contributed by atoms with Crippen molar-refractivity contribution in [2.75, 3.05) is 19.7 Å². The number of phenols is 1. The zero-order valence-corrected chi connectivity index (χ0v) is 9.70. The number of aromatic hydroxyl groups is 1. The van der Waals surface area contributed by atoms with Gasteiger partial charge in [0.25, 0.3) is 0 Å². The molecule has 2 N–H and O–H groups in total. The molecule has 1 fully saturated rings. The van der Waals surface area contributed by atoms with Crippen LogP contribution in [0.15, 0.2) is 18.2 Å². The highest BCUT2D eigenvalue weighted by Crippen LogP contribution is 2.32. The van der Waals surface area contributed by atoms with E-state index in [9.17, 15) is 5.11 Å². The summed E-state index contributed by atoms with van der Waals surface area (Å²) >= 11 is 0. The Labute approximate surface area is 96.4 Å². The molecule has 1 unspecified atom stereocenters. The van der Waals surface area contributed by atoms with Gasteiger partial charge in [-0.2, -0.15) is 0 Å². The summed E-state index contributed by atoms with van der Waals surface area (Å²) in [6.07, 6.45) is 2.12. The fraction of sp³-hybridized carbons (Fsp3) is 0.538. The summed E-state index contributed by atoms with van der Waals surface area (Å²) in [6, 6.07) is 5.74. The van der Waals surface area contributed by atoms with Crippen LogP contribution in [0.1, 0.15) is 18.9 Å². The molecule has 1 aliphatic rings. The maximum absolute atomic E-state index is 10.0. The molecular weight excluding hydrogens is 202 g/mol. The number of hydrogen-bond donors (Lipinski definition) is 2. The maximum atomic E-state index is 10.0. The van der Waals surface area contributed by atoms with Crippen molar-refractivity contribution < 1.29 is 9.84 Å². The fourth-order valence-electron chi connectivity index (χ4n) is 2.20. The highest BCUT2D eigenvalue weighted by Gasteiger charge is 2.17. The number of nitrogens with one attached hydrogen (secondary N) is 1. The third-order valence-corrected chi connectivity index (χ3v) is 3.05. The van der Waals surface area contributed by atoms with Gasteiger partial charge in [-0.1, -0.05) is 12.1 Å². The Morgan fingerprint density at radius 2 is 2.38 bits per heavy atom. The van der Waals surface area contributed by atoms with E-state index in [4.69, 9.17) is 4.74 Å². The summed E-state index contributed by atoms with van der Waals surface area (Å²) in [7, 11) is 0. The van der Waals surface area contributed by atoms with Gasteiger partial charge in [-0.3, -0.25) is 0 Å². The van der Waals surface area contributed by atoms with Gasteiger partial charge < -0.3 is 15.2 Å². The summed E-state index contributed by atoms with van der Waals surface area (Å²) < 4.78 is 5.38. The van der Waals surface area contributed by atoms with Crippen molar-refractivity contribution in [3.8, 4) is 11.5 Å². The van der Waals surface area contributed by atoms with Crippen molar-refractivity contribution in [3.63, 3.8) is 0 Å². The SMILES string of the molecule is CCOc1cccc(CC2CCNC2)c1O. The number of hydrogen-bond acceptors (Lipinski definition) is 3. The molecule has 1 saturated heterocycles. The van der Waals surface area contributed by atoms with Crippen LogP contribution in [0.4, 0.5) is 0 Å². The van der Waals surface area contributed by atoms with Crippen molar-refractivity contribution in [1.29, 1.82) is 0 Å². The van der Waals surface area contributed by atoms with E-state index in [1.165, 1.54) is 6.42 Å². The first-order valence-electron chi connectivity index (χ1n) is 5.95. The lowest BCUT2D eigenvalue weighted by Crippen LogP contribution is -2.10. The van der Waals surface area contributed by atoms with E-state index < -0.39 is 0 Å². The molecule has 0 radical (unpaired) electrons. The third-order valence-electron chi connectivity index (χ3n) is 3.05. The van der Waals surface area contributed by atoms with Gasteiger partial charge in [0.2, 0.25) is 0 Å². The molecule has 2 rings (SSSR count). The Balaban J connectivity index is 2.10. The summed E-state index contributed by atoms with van der Waals surface area (Å²) in [4.78, 5) is 0. The van der Waals surface area contributed by atoms with E-state index in [1.54, 1.807) is 0 Å². The number of benzene rings is 1. The van der Waals surface area contributed by atoms with Gasteiger partial charge in [0.1, 0.15) is 0 Å². The number of rotatable bonds is 4. The highest BCUT2D eigenvalue weighted by molar-refractivity contribution is 5.45. The molecule has 88 valence electrons. The first kappa shape index (κ1) is 11.3. The Kier molecular flexibility index (Phi) is 3.67. The minimum atomic E-state index is 0.316. The van der Waals surface area contributed by atoms with Crippen molar-refractivity contribution >= 4 is 0 Å². The molecule has 1 atom stereocenters. The molecule has 0 amide bonds. The average Bonchev–Trinajstić information content (AvgIpc) is 2.77. The smallest absolute Gasteiger partial charge is 0.161 e. The second-order valence-corrected chi connectivity index (χ2v) is 4.26. The first-order chi connectivity index (χ1) is 7.81. The van der Waals surface area contributed by atoms with Gasteiger partial charge in [-0.05, 0) is 50.4 Å². The van der Waals surface area contributed by atoms with E-state index in [0.717, 1.165) is 25.1 Å². The molecule has 0 aliphatic carbocycles. The molecule has 1 aromatic carbocycles. The number of para-hydroxylation sites is 1. The standard InChI is InChI=1S/C13H19NO2/c1-2-16-12-5-3-4-11(13(12)15)8-10-6-7-14-9-10/h3-5,10,14-15H,2,6-9H2,1H3. The Morgan fingerprint density at radius 1 is 1.50 bits per heavy atom. The Bertz CT molecular complexity index is 346. The van der Waals surface area contributed by atoms with E-state index in [0.29, 0.717) is 24.0 Å². The molecule has 1 aliphatic heterocycles. The Hall–Kier alpha value is -1.22. The van der Waals surface area contributed by atoms with Crippen LogP contribution < -0.4 is 10.1 Å². The molecule has 0 aromatic heterocycles. The second-order valence-electron chi connectivity index (χ2n) is 4.26.